The van der Waals surface area contributed by atoms with E-state index < -0.39 is 14.9 Å². The van der Waals surface area contributed by atoms with Gasteiger partial charge in [0.25, 0.3) is 5.69 Å². The van der Waals surface area contributed by atoms with Crippen molar-refractivity contribution in [2.24, 2.45) is 0 Å². The first-order valence-corrected chi connectivity index (χ1v) is 7.80. The maximum absolute atomic E-state index is 12.4. The number of nitrogens with zero attached hydrogens (tertiary/aromatic N) is 2. The first-order chi connectivity index (χ1) is 9.43. The van der Waals surface area contributed by atoms with Crippen molar-refractivity contribution < 1.29 is 13.3 Å². The molecule has 7 nitrogen and oxygen atoms in total. The molecule has 1 aliphatic heterocycles. The second kappa shape index (κ2) is 5.86. The third kappa shape index (κ3) is 2.97. The van der Waals surface area contributed by atoms with E-state index in [1.807, 2.05) is 0 Å². The topological polar surface area (TPSA) is 92.6 Å². The summed E-state index contributed by atoms with van der Waals surface area (Å²) in [6.45, 7) is 1.59. The van der Waals surface area contributed by atoms with Gasteiger partial charge in [0, 0.05) is 25.2 Å². The van der Waals surface area contributed by atoms with Crippen LogP contribution in [0.5, 0.6) is 0 Å². The van der Waals surface area contributed by atoms with E-state index in [1.54, 1.807) is 7.05 Å². The lowest BCUT2D eigenvalue weighted by Gasteiger charge is -2.30. The van der Waals surface area contributed by atoms with Crippen LogP contribution >= 0.6 is 0 Å². The molecule has 20 heavy (non-hydrogen) atoms. The smallest absolute Gasteiger partial charge is 0.269 e. The molecule has 0 saturated carbocycles. The number of hydrogen-bond donors (Lipinski definition) is 1. The minimum atomic E-state index is -3.60. The van der Waals surface area contributed by atoms with Crippen molar-refractivity contribution in [2.45, 2.75) is 23.8 Å². The zero-order valence-corrected chi connectivity index (χ0v) is 12.0. The van der Waals surface area contributed by atoms with Crippen molar-refractivity contribution in [3.63, 3.8) is 0 Å². The Morgan fingerprint density at radius 2 is 1.80 bits per heavy atom. The van der Waals surface area contributed by atoms with Crippen LogP contribution in [0.15, 0.2) is 29.2 Å². The number of rotatable bonds is 4. The first-order valence-electron chi connectivity index (χ1n) is 6.36. The van der Waals surface area contributed by atoms with Crippen molar-refractivity contribution in [3.8, 4) is 0 Å². The first kappa shape index (κ1) is 14.9. The standard InChI is InChI=1S/C12H17N3O4S/c1-14(10-6-8-13-9-7-10)20(18,19)12-4-2-11(3-5-12)15(16)17/h2-5,10,13H,6-9H2,1H3. The fourth-order valence-electron chi connectivity index (χ4n) is 2.27. The molecule has 1 aromatic rings. The quantitative estimate of drug-likeness (QED) is 0.660. The molecule has 1 saturated heterocycles. The maximum Gasteiger partial charge on any atom is 0.269 e. The molecular weight excluding hydrogens is 282 g/mol. The summed E-state index contributed by atoms with van der Waals surface area (Å²) < 4.78 is 26.3. The number of benzene rings is 1. The van der Waals surface area contributed by atoms with Gasteiger partial charge in [0.1, 0.15) is 0 Å². The van der Waals surface area contributed by atoms with Crippen LogP contribution in [0.2, 0.25) is 0 Å². The van der Waals surface area contributed by atoms with E-state index in [4.69, 9.17) is 0 Å². The summed E-state index contributed by atoms with van der Waals surface area (Å²) in [6, 6.07) is 4.96. The molecular formula is C12H17N3O4S. The van der Waals surface area contributed by atoms with E-state index in [1.165, 1.54) is 28.6 Å². The molecule has 0 bridgehead atoms. The van der Waals surface area contributed by atoms with Gasteiger partial charge in [-0.05, 0) is 38.1 Å². The Morgan fingerprint density at radius 3 is 2.30 bits per heavy atom. The number of nitro groups is 1. The minimum absolute atomic E-state index is 0.0311. The summed E-state index contributed by atoms with van der Waals surface area (Å²) in [4.78, 5) is 10.1. The van der Waals surface area contributed by atoms with Gasteiger partial charge in [-0.15, -0.1) is 0 Å². The lowest BCUT2D eigenvalue weighted by atomic mass is 10.1. The fraction of sp³-hybridized carbons (Fsp3) is 0.500. The Kier molecular flexibility index (Phi) is 4.36. The molecule has 1 aromatic carbocycles. The molecule has 0 spiro atoms. The van der Waals surface area contributed by atoms with Crippen molar-refractivity contribution in [3.05, 3.63) is 34.4 Å². The molecule has 1 heterocycles. The molecule has 0 unspecified atom stereocenters. The van der Waals surface area contributed by atoms with E-state index in [0.29, 0.717) is 0 Å². The summed E-state index contributed by atoms with van der Waals surface area (Å²) in [6.07, 6.45) is 1.53. The molecule has 0 aliphatic carbocycles. The molecule has 2 rings (SSSR count). The van der Waals surface area contributed by atoms with Gasteiger partial charge >= 0.3 is 0 Å². The number of non-ortho nitro benzene ring substituents is 1. The summed E-state index contributed by atoms with van der Waals surface area (Å²) in [5.74, 6) is 0. The van der Waals surface area contributed by atoms with Crippen LogP contribution in [0.4, 0.5) is 5.69 Å². The molecule has 110 valence electrons. The highest BCUT2D eigenvalue weighted by Gasteiger charge is 2.29. The summed E-state index contributed by atoms with van der Waals surface area (Å²) in [5.41, 5.74) is -0.117. The van der Waals surface area contributed by atoms with E-state index >= 15 is 0 Å². The van der Waals surface area contributed by atoms with Crippen molar-refractivity contribution in [1.82, 2.24) is 9.62 Å². The molecule has 0 amide bonds. The van der Waals surface area contributed by atoms with Crippen molar-refractivity contribution in [1.29, 1.82) is 0 Å². The van der Waals surface area contributed by atoms with Crippen LogP contribution in [-0.2, 0) is 10.0 Å². The van der Waals surface area contributed by atoms with E-state index in [2.05, 4.69) is 5.32 Å². The zero-order valence-electron chi connectivity index (χ0n) is 11.2. The van der Waals surface area contributed by atoms with Gasteiger partial charge in [0.2, 0.25) is 10.0 Å². The van der Waals surface area contributed by atoms with Crippen LogP contribution in [0.25, 0.3) is 0 Å². The second-order valence-electron chi connectivity index (χ2n) is 4.75. The highest BCUT2D eigenvalue weighted by Crippen LogP contribution is 2.22. The van der Waals surface area contributed by atoms with Crippen LogP contribution in [-0.4, -0.2) is 43.8 Å². The minimum Gasteiger partial charge on any atom is -0.317 e. The molecule has 1 N–H and O–H groups in total. The van der Waals surface area contributed by atoms with Gasteiger partial charge in [0.15, 0.2) is 0 Å². The van der Waals surface area contributed by atoms with Crippen LogP contribution in [0, 0.1) is 10.1 Å². The van der Waals surface area contributed by atoms with Gasteiger partial charge in [-0.2, -0.15) is 4.31 Å². The Balaban J connectivity index is 2.22. The summed E-state index contributed by atoms with van der Waals surface area (Å²) in [7, 11) is -2.04. The molecule has 8 heteroatoms. The van der Waals surface area contributed by atoms with E-state index in [-0.39, 0.29) is 16.6 Å². The van der Waals surface area contributed by atoms with Crippen LogP contribution in [0.1, 0.15) is 12.8 Å². The summed E-state index contributed by atoms with van der Waals surface area (Å²) in [5, 5.41) is 13.8. The van der Waals surface area contributed by atoms with E-state index in [9.17, 15) is 18.5 Å². The molecule has 0 aromatic heterocycles. The number of sulfonamides is 1. The number of piperidine rings is 1. The average Bonchev–Trinajstić information content (AvgIpc) is 2.47. The van der Waals surface area contributed by atoms with Crippen molar-refractivity contribution in [2.75, 3.05) is 20.1 Å². The fourth-order valence-corrected chi connectivity index (χ4v) is 3.69. The van der Waals surface area contributed by atoms with Crippen LogP contribution in [0.3, 0.4) is 0 Å². The molecule has 0 atom stereocenters. The second-order valence-corrected chi connectivity index (χ2v) is 6.75. The molecule has 1 fully saturated rings. The van der Waals surface area contributed by atoms with Gasteiger partial charge in [-0.25, -0.2) is 8.42 Å². The Labute approximate surface area is 117 Å². The van der Waals surface area contributed by atoms with Crippen LogP contribution < -0.4 is 5.32 Å². The predicted octanol–water partition coefficient (Wildman–Crippen LogP) is 0.967. The average molecular weight is 299 g/mol. The van der Waals surface area contributed by atoms with Crippen molar-refractivity contribution >= 4 is 15.7 Å². The Morgan fingerprint density at radius 1 is 1.25 bits per heavy atom. The molecule has 0 radical (unpaired) electrons. The third-order valence-corrected chi connectivity index (χ3v) is 5.47. The lowest BCUT2D eigenvalue weighted by molar-refractivity contribution is -0.384. The van der Waals surface area contributed by atoms with Gasteiger partial charge < -0.3 is 5.32 Å². The normalized spacial score (nSPS) is 17.3. The van der Waals surface area contributed by atoms with Gasteiger partial charge in [-0.1, -0.05) is 0 Å². The van der Waals surface area contributed by atoms with E-state index in [0.717, 1.165) is 25.9 Å². The highest BCUT2D eigenvalue weighted by molar-refractivity contribution is 7.89. The molecule has 1 aliphatic rings. The Hall–Kier alpha value is -1.51. The third-order valence-electron chi connectivity index (χ3n) is 3.55. The largest absolute Gasteiger partial charge is 0.317 e. The zero-order chi connectivity index (χ0) is 14.8. The SMILES string of the molecule is CN(C1CCNCC1)S(=O)(=O)c1ccc([N+](=O)[O-])cc1. The number of nitrogens with one attached hydrogen (secondary N) is 1. The highest BCUT2D eigenvalue weighted by atomic mass is 32.2. The lowest BCUT2D eigenvalue weighted by Crippen LogP contribution is -2.43. The van der Waals surface area contributed by atoms with Gasteiger partial charge in [0.05, 0.1) is 9.82 Å². The monoisotopic (exact) mass is 299 g/mol. The Bertz CT molecular complexity index is 579. The summed E-state index contributed by atoms with van der Waals surface area (Å²) >= 11 is 0. The number of nitro benzene ring substituents is 1. The van der Waals surface area contributed by atoms with Gasteiger partial charge in [-0.3, -0.25) is 10.1 Å². The maximum atomic E-state index is 12.4. The predicted molar refractivity (Wildman–Crippen MR) is 73.9 cm³/mol. The number of hydrogen-bond acceptors (Lipinski definition) is 5.